The number of nitrogens with one attached hydrogen (secondary N) is 1. The van der Waals surface area contributed by atoms with Crippen LogP contribution in [-0.4, -0.2) is 16.8 Å². The van der Waals surface area contributed by atoms with Gasteiger partial charge in [0.2, 0.25) is 0 Å². The van der Waals surface area contributed by atoms with Crippen molar-refractivity contribution < 1.29 is 14.7 Å². The number of hydrogen-bond acceptors (Lipinski definition) is 3. The summed E-state index contributed by atoms with van der Waals surface area (Å²) >= 11 is 0. The first kappa shape index (κ1) is 16.1. The number of amides is 1. The molecule has 1 aliphatic heterocycles. The minimum absolute atomic E-state index is 0.275. The van der Waals surface area contributed by atoms with Crippen LogP contribution in [0.3, 0.4) is 0 Å². The molecule has 0 bridgehead atoms. The summed E-state index contributed by atoms with van der Waals surface area (Å²) in [7, 11) is 0. The second kappa shape index (κ2) is 6.42. The van der Waals surface area contributed by atoms with Crippen molar-refractivity contribution in [2.45, 2.75) is 25.4 Å². The van der Waals surface area contributed by atoms with Crippen molar-refractivity contribution in [2.75, 3.05) is 5.32 Å². The summed E-state index contributed by atoms with van der Waals surface area (Å²) in [4.78, 5) is 24.5. The van der Waals surface area contributed by atoms with Crippen molar-refractivity contribution in [3.8, 4) is 0 Å². The summed E-state index contributed by atoms with van der Waals surface area (Å²) in [5.74, 6) is -0.849. The second-order valence-electron chi connectivity index (χ2n) is 5.93. The lowest BCUT2D eigenvalue weighted by Gasteiger charge is -2.19. The van der Waals surface area contributed by atoms with Crippen molar-refractivity contribution in [3.63, 3.8) is 0 Å². The zero-order valence-corrected chi connectivity index (χ0v) is 13.5. The van der Waals surface area contributed by atoms with Gasteiger partial charge in [0.15, 0.2) is 11.4 Å². The Labute approximate surface area is 140 Å². The highest BCUT2D eigenvalue weighted by atomic mass is 16.3. The van der Waals surface area contributed by atoms with Crippen LogP contribution in [0, 0.1) is 0 Å². The van der Waals surface area contributed by atoms with Crippen LogP contribution in [0.5, 0.6) is 0 Å². The van der Waals surface area contributed by atoms with Gasteiger partial charge in [0.05, 0.1) is 6.42 Å². The molecule has 2 aromatic carbocycles. The number of benzene rings is 2. The van der Waals surface area contributed by atoms with Gasteiger partial charge < -0.3 is 10.4 Å². The molecule has 1 amide bonds. The van der Waals surface area contributed by atoms with Crippen LogP contribution in [0.2, 0.25) is 0 Å². The summed E-state index contributed by atoms with van der Waals surface area (Å²) < 4.78 is 0. The molecule has 0 saturated carbocycles. The predicted molar refractivity (Wildman–Crippen MR) is 93.4 cm³/mol. The topological polar surface area (TPSA) is 66.4 Å². The maximum atomic E-state index is 12.3. The summed E-state index contributed by atoms with van der Waals surface area (Å²) in [6, 6.07) is 14.9. The fourth-order valence-corrected chi connectivity index (χ4v) is 2.85. The van der Waals surface area contributed by atoms with Crippen molar-refractivity contribution in [1.29, 1.82) is 0 Å². The lowest BCUT2D eigenvalue weighted by atomic mass is 9.88. The average molecular weight is 321 g/mol. The fraction of sp³-hybridized carbons (Fsp3) is 0.200. The summed E-state index contributed by atoms with van der Waals surface area (Å²) in [6.45, 7) is 2.00. The molecular weight excluding hydrogens is 302 g/mol. The van der Waals surface area contributed by atoms with Gasteiger partial charge in [-0.25, -0.2) is 0 Å². The maximum Gasteiger partial charge on any atom is 0.261 e. The van der Waals surface area contributed by atoms with E-state index in [4.69, 9.17) is 0 Å². The van der Waals surface area contributed by atoms with Crippen LogP contribution < -0.4 is 5.32 Å². The van der Waals surface area contributed by atoms with Gasteiger partial charge in [-0.1, -0.05) is 55.5 Å². The average Bonchev–Trinajstić information content (AvgIpc) is 2.84. The Morgan fingerprint density at radius 1 is 1.21 bits per heavy atom. The van der Waals surface area contributed by atoms with Crippen molar-refractivity contribution in [3.05, 3.63) is 71.3 Å². The second-order valence-corrected chi connectivity index (χ2v) is 5.93. The third-order valence-corrected chi connectivity index (χ3v) is 4.25. The number of rotatable bonds is 5. The van der Waals surface area contributed by atoms with E-state index in [1.54, 1.807) is 18.2 Å². The number of carbonyl (C=O) groups excluding carboxylic acids is 2. The van der Waals surface area contributed by atoms with Crippen LogP contribution in [-0.2, 0) is 21.6 Å². The van der Waals surface area contributed by atoms with Crippen LogP contribution in [0.25, 0.3) is 6.08 Å². The summed E-state index contributed by atoms with van der Waals surface area (Å²) in [6.07, 6.45) is 3.60. The van der Waals surface area contributed by atoms with Crippen molar-refractivity contribution >= 4 is 23.5 Å². The molecule has 1 unspecified atom stereocenters. The number of anilines is 1. The van der Waals surface area contributed by atoms with Gasteiger partial charge in [-0.05, 0) is 29.7 Å². The van der Waals surface area contributed by atoms with E-state index in [0.717, 1.165) is 17.5 Å². The molecule has 4 heteroatoms. The highest BCUT2D eigenvalue weighted by Gasteiger charge is 2.46. The van der Waals surface area contributed by atoms with Gasteiger partial charge in [-0.3, -0.25) is 9.59 Å². The number of ketones is 1. The lowest BCUT2D eigenvalue weighted by molar-refractivity contribution is -0.138. The van der Waals surface area contributed by atoms with Gasteiger partial charge in [-0.15, -0.1) is 0 Å². The molecule has 122 valence electrons. The van der Waals surface area contributed by atoms with Crippen LogP contribution in [0.4, 0.5) is 5.69 Å². The van der Waals surface area contributed by atoms with E-state index in [0.29, 0.717) is 11.3 Å². The minimum atomic E-state index is -1.81. The molecule has 0 radical (unpaired) electrons. The smallest absolute Gasteiger partial charge is 0.261 e. The Hall–Kier alpha value is -2.72. The molecule has 3 rings (SSSR count). The van der Waals surface area contributed by atoms with E-state index in [1.807, 2.05) is 43.3 Å². The van der Waals surface area contributed by atoms with Gasteiger partial charge in [0.25, 0.3) is 5.91 Å². The van der Waals surface area contributed by atoms with E-state index < -0.39 is 11.5 Å². The molecule has 0 spiro atoms. The molecule has 2 aromatic rings. The van der Waals surface area contributed by atoms with Gasteiger partial charge in [0.1, 0.15) is 0 Å². The molecule has 1 heterocycles. The van der Waals surface area contributed by atoms with Gasteiger partial charge in [0, 0.05) is 11.3 Å². The van der Waals surface area contributed by atoms with E-state index in [9.17, 15) is 14.7 Å². The van der Waals surface area contributed by atoms with E-state index >= 15 is 0 Å². The summed E-state index contributed by atoms with van der Waals surface area (Å²) in [5, 5.41) is 13.5. The van der Waals surface area contributed by atoms with Crippen LogP contribution in [0.15, 0.2) is 54.6 Å². The Bertz CT molecular complexity index is 811. The number of aryl methyl sites for hydroxylation is 1. The number of aliphatic hydroxyl groups is 1. The largest absolute Gasteiger partial charge is 0.375 e. The highest BCUT2D eigenvalue weighted by molar-refractivity contribution is 6.08. The van der Waals surface area contributed by atoms with Gasteiger partial charge in [-0.2, -0.15) is 0 Å². The predicted octanol–water partition coefficient (Wildman–Crippen LogP) is 3.06. The molecule has 1 atom stereocenters. The maximum absolute atomic E-state index is 12.3. The molecule has 24 heavy (non-hydrogen) atoms. The van der Waals surface area contributed by atoms with Gasteiger partial charge >= 0.3 is 0 Å². The normalized spacial score (nSPS) is 19.3. The third kappa shape index (κ3) is 3.01. The zero-order valence-electron chi connectivity index (χ0n) is 13.5. The first-order chi connectivity index (χ1) is 11.5. The Morgan fingerprint density at radius 2 is 1.96 bits per heavy atom. The minimum Gasteiger partial charge on any atom is -0.375 e. The van der Waals surface area contributed by atoms with E-state index in [1.165, 1.54) is 6.08 Å². The van der Waals surface area contributed by atoms with Crippen LogP contribution in [0.1, 0.15) is 30.0 Å². The number of fused-ring (bicyclic) bond motifs is 1. The molecular formula is C20H19NO3. The molecule has 1 aliphatic rings. The van der Waals surface area contributed by atoms with E-state index in [2.05, 4.69) is 5.32 Å². The molecule has 4 nitrogen and oxygen atoms in total. The Morgan fingerprint density at radius 3 is 2.67 bits per heavy atom. The number of allylic oxidation sites excluding steroid dienone is 1. The number of carbonyl (C=O) groups is 2. The molecule has 0 aromatic heterocycles. The monoisotopic (exact) mass is 321 g/mol. The van der Waals surface area contributed by atoms with Crippen molar-refractivity contribution in [1.82, 2.24) is 0 Å². The Kier molecular flexibility index (Phi) is 4.32. The SMILES string of the molecule is CCc1ccc2c(c1)C(O)(CC(=O)/C=C/c1ccccc1)C(=O)N2. The molecule has 0 saturated heterocycles. The fourth-order valence-electron chi connectivity index (χ4n) is 2.85. The lowest BCUT2D eigenvalue weighted by Crippen LogP contribution is -2.36. The highest BCUT2D eigenvalue weighted by Crippen LogP contribution is 2.39. The molecule has 2 N–H and O–H groups in total. The molecule has 0 aliphatic carbocycles. The van der Waals surface area contributed by atoms with E-state index in [-0.39, 0.29) is 12.2 Å². The standard InChI is InChI=1S/C20H19NO3/c1-2-14-9-11-18-17(12-14)20(24,19(23)21-18)13-16(22)10-8-15-6-4-3-5-7-15/h3-12,24H,2,13H2,1H3,(H,21,23)/b10-8+. The Balaban J connectivity index is 1.83. The first-order valence-corrected chi connectivity index (χ1v) is 7.96. The molecule has 0 fully saturated rings. The summed E-state index contributed by atoms with van der Waals surface area (Å²) in [5.41, 5.74) is 1.14. The zero-order chi connectivity index (χ0) is 17.2. The third-order valence-electron chi connectivity index (χ3n) is 4.25. The first-order valence-electron chi connectivity index (χ1n) is 7.96. The van der Waals surface area contributed by atoms with Crippen molar-refractivity contribution in [2.24, 2.45) is 0 Å². The number of hydrogen-bond donors (Lipinski definition) is 2. The quantitative estimate of drug-likeness (QED) is 0.832. The van der Waals surface area contributed by atoms with Crippen LogP contribution >= 0.6 is 0 Å².